The van der Waals surface area contributed by atoms with Crippen LogP contribution in [-0.2, 0) is 0 Å². The fraction of sp³-hybridized carbons (Fsp3) is 0.600. The molecule has 0 aromatic carbocycles. The lowest BCUT2D eigenvalue weighted by Crippen LogP contribution is -2.33. The Bertz CT molecular complexity index is 485. The summed E-state index contributed by atoms with van der Waals surface area (Å²) in [6.45, 7) is 2.16. The molecule has 0 bridgehead atoms. The molecule has 1 aliphatic rings. The van der Waals surface area contributed by atoms with E-state index in [0.29, 0.717) is 5.92 Å². The summed E-state index contributed by atoms with van der Waals surface area (Å²) in [5, 5.41) is 20.3. The Hall–Kier alpha value is -0.920. The summed E-state index contributed by atoms with van der Waals surface area (Å²) in [6, 6.07) is 4.26. The van der Waals surface area contributed by atoms with Crippen molar-refractivity contribution in [3.63, 3.8) is 0 Å². The largest absolute Gasteiger partial charge is 0.387 e. The fourth-order valence-corrected chi connectivity index (χ4v) is 3.46. The topological polar surface area (TPSA) is 56.9 Å². The zero-order valence-electron chi connectivity index (χ0n) is 11.1. The molecule has 4 heteroatoms. The van der Waals surface area contributed by atoms with Gasteiger partial charge in [-0.15, -0.1) is 0 Å². The number of halogens is 1. The molecule has 1 aliphatic carbocycles. The second-order valence-corrected chi connectivity index (χ2v) is 6.39. The number of hydrogen-bond donors (Lipinski definition) is 1. The molecule has 0 amide bonds. The van der Waals surface area contributed by atoms with Crippen LogP contribution >= 0.6 is 15.9 Å². The summed E-state index contributed by atoms with van der Waals surface area (Å²) in [4.78, 5) is 4.09. The van der Waals surface area contributed by atoms with Gasteiger partial charge in [-0.2, -0.15) is 5.26 Å². The molecule has 1 heterocycles. The molecular weight excluding hydrogens is 304 g/mol. The molecule has 1 N–H and O–H groups in total. The Morgan fingerprint density at radius 3 is 3.05 bits per heavy atom. The first-order chi connectivity index (χ1) is 9.11. The highest BCUT2D eigenvalue weighted by Crippen LogP contribution is 2.48. The average molecular weight is 323 g/mol. The van der Waals surface area contributed by atoms with Gasteiger partial charge in [0.05, 0.1) is 17.6 Å². The first-order valence-electron chi connectivity index (χ1n) is 6.81. The number of pyridine rings is 1. The highest BCUT2D eigenvalue weighted by Gasteiger charge is 2.43. The van der Waals surface area contributed by atoms with Gasteiger partial charge in [0, 0.05) is 22.4 Å². The summed E-state index contributed by atoms with van der Waals surface area (Å²) in [5.41, 5.74) is 0.0779. The Kier molecular flexibility index (Phi) is 4.59. The maximum Gasteiger partial charge on any atom is 0.0991 e. The van der Waals surface area contributed by atoms with Crippen molar-refractivity contribution in [3.05, 3.63) is 28.5 Å². The lowest BCUT2D eigenvalue weighted by molar-refractivity contribution is 0.0183. The SMILES string of the molecule is CCC1CCCC(C#N)(C(O)c2cncc(Br)c2)C1. The number of nitrogens with zero attached hydrogens (tertiary/aromatic N) is 2. The van der Waals surface area contributed by atoms with Crippen LogP contribution in [0.4, 0.5) is 0 Å². The quantitative estimate of drug-likeness (QED) is 0.915. The Morgan fingerprint density at radius 1 is 1.63 bits per heavy atom. The van der Waals surface area contributed by atoms with Crippen LogP contribution in [-0.4, -0.2) is 10.1 Å². The molecule has 3 unspecified atom stereocenters. The molecule has 1 saturated carbocycles. The van der Waals surface area contributed by atoms with E-state index in [4.69, 9.17) is 0 Å². The molecule has 3 atom stereocenters. The van der Waals surface area contributed by atoms with Crippen molar-refractivity contribution in [2.45, 2.75) is 45.1 Å². The highest BCUT2D eigenvalue weighted by molar-refractivity contribution is 9.10. The van der Waals surface area contributed by atoms with Crippen LogP contribution < -0.4 is 0 Å². The van der Waals surface area contributed by atoms with Crippen LogP contribution in [0, 0.1) is 22.7 Å². The number of aliphatic hydroxyl groups is 1. The van der Waals surface area contributed by atoms with Gasteiger partial charge in [0.15, 0.2) is 0 Å². The predicted molar refractivity (Wildman–Crippen MR) is 77.2 cm³/mol. The Balaban J connectivity index is 2.28. The van der Waals surface area contributed by atoms with E-state index in [0.717, 1.165) is 35.7 Å². The third kappa shape index (κ3) is 2.98. The summed E-state index contributed by atoms with van der Waals surface area (Å²) in [6.07, 6.45) is 7.41. The molecule has 0 radical (unpaired) electrons. The van der Waals surface area contributed by atoms with E-state index >= 15 is 0 Å². The third-order valence-electron chi connectivity index (χ3n) is 4.25. The van der Waals surface area contributed by atoms with E-state index in [1.54, 1.807) is 12.4 Å². The predicted octanol–water partition coefficient (Wildman–Crippen LogP) is 3.99. The van der Waals surface area contributed by atoms with Gasteiger partial charge in [0.1, 0.15) is 0 Å². The zero-order valence-corrected chi connectivity index (χ0v) is 12.7. The maximum absolute atomic E-state index is 10.7. The van der Waals surface area contributed by atoms with Gasteiger partial charge in [-0.3, -0.25) is 4.98 Å². The fourth-order valence-electron chi connectivity index (χ4n) is 3.08. The van der Waals surface area contributed by atoms with Crippen molar-refractivity contribution in [2.75, 3.05) is 0 Å². The van der Waals surface area contributed by atoms with E-state index in [1.165, 1.54) is 6.42 Å². The molecule has 0 spiro atoms. The van der Waals surface area contributed by atoms with Gasteiger partial charge >= 0.3 is 0 Å². The lowest BCUT2D eigenvalue weighted by atomic mass is 9.65. The first kappa shape index (κ1) is 14.5. The van der Waals surface area contributed by atoms with Gasteiger partial charge in [0.2, 0.25) is 0 Å². The molecule has 0 saturated heterocycles. The van der Waals surface area contributed by atoms with Crippen molar-refractivity contribution >= 4 is 15.9 Å². The minimum Gasteiger partial charge on any atom is -0.387 e. The molecule has 19 heavy (non-hydrogen) atoms. The molecule has 1 aromatic heterocycles. The number of rotatable bonds is 3. The van der Waals surface area contributed by atoms with Gasteiger partial charge in [-0.05, 0) is 40.8 Å². The molecule has 2 rings (SSSR count). The number of hydrogen-bond acceptors (Lipinski definition) is 3. The van der Waals surface area contributed by atoms with E-state index in [9.17, 15) is 10.4 Å². The van der Waals surface area contributed by atoms with E-state index in [2.05, 4.69) is 33.9 Å². The van der Waals surface area contributed by atoms with Crippen molar-refractivity contribution < 1.29 is 5.11 Å². The highest BCUT2D eigenvalue weighted by atomic mass is 79.9. The maximum atomic E-state index is 10.7. The summed E-state index contributed by atoms with van der Waals surface area (Å²) >= 11 is 3.36. The normalized spacial score (nSPS) is 28.6. The Morgan fingerprint density at radius 2 is 2.42 bits per heavy atom. The van der Waals surface area contributed by atoms with Crippen molar-refractivity contribution in [1.29, 1.82) is 5.26 Å². The van der Waals surface area contributed by atoms with Crippen LogP contribution in [0.2, 0.25) is 0 Å². The van der Waals surface area contributed by atoms with E-state index in [1.807, 2.05) is 6.07 Å². The van der Waals surface area contributed by atoms with Crippen molar-refractivity contribution in [3.8, 4) is 6.07 Å². The van der Waals surface area contributed by atoms with Gasteiger partial charge in [0.25, 0.3) is 0 Å². The molecule has 0 aliphatic heterocycles. The first-order valence-corrected chi connectivity index (χ1v) is 7.60. The summed E-state index contributed by atoms with van der Waals surface area (Å²) in [5.74, 6) is 0.545. The molecular formula is C15H19BrN2O. The second-order valence-electron chi connectivity index (χ2n) is 5.48. The number of aliphatic hydroxyl groups excluding tert-OH is 1. The Labute approximate surface area is 122 Å². The molecule has 3 nitrogen and oxygen atoms in total. The molecule has 1 fully saturated rings. The zero-order chi connectivity index (χ0) is 13.9. The van der Waals surface area contributed by atoms with Crippen LogP contribution in [0.25, 0.3) is 0 Å². The molecule has 102 valence electrons. The van der Waals surface area contributed by atoms with E-state index < -0.39 is 11.5 Å². The smallest absolute Gasteiger partial charge is 0.0991 e. The number of aromatic nitrogens is 1. The average Bonchev–Trinajstić information content (AvgIpc) is 2.46. The second kappa shape index (κ2) is 6.02. The third-order valence-corrected chi connectivity index (χ3v) is 4.69. The van der Waals surface area contributed by atoms with Crippen LogP contribution in [0.1, 0.15) is 50.7 Å². The summed E-state index contributed by atoms with van der Waals surface area (Å²) in [7, 11) is 0. The summed E-state index contributed by atoms with van der Waals surface area (Å²) < 4.78 is 0.833. The minimum atomic E-state index is -0.753. The van der Waals surface area contributed by atoms with Crippen LogP contribution in [0.5, 0.6) is 0 Å². The van der Waals surface area contributed by atoms with Gasteiger partial charge in [-0.1, -0.05) is 26.2 Å². The standard InChI is InChI=1S/C15H19BrN2O/c1-2-11-4-3-5-15(7-11,10-17)14(19)12-6-13(16)9-18-8-12/h6,8-9,11,14,19H,2-5,7H2,1H3. The van der Waals surface area contributed by atoms with Crippen molar-refractivity contribution in [1.82, 2.24) is 4.98 Å². The van der Waals surface area contributed by atoms with Gasteiger partial charge in [-0.25, -0.2) is 0 Å². The van der Waals surface area contributed by atoms with Crippen LogP contribution in [0.3, 0.4) is 0 Å². The monoisotopic (exact) mass is 322 g/mol. The van der Waals surface area contributed by atoms with Crippen LogP contribution in [0.15, 0.2) is 22.9 Å². The van der Waals surface area contributed by atoms with E-state index in [-0.39, 0.29) is 0 Å². The van der Waals surface area contributed by atoms with Crippen molar-refractivity contribution in [2.24, 2.45) is 11.3 Å². The number of nitriles is 1. The minimum absolute atomic E-state index is 0.545. The molecule has 1 aromatic rings. The van der Waals surface area contributed by atoms with Gasteiger partial charge < -0.3 is 5.11 Å². The lowest BCUT2D eigenvalue weighted by Gasteiger charge is -2.38.